The number of nitrogens with one attached hydrogen (secondary N) is 1. The molecule has 1 aromatic rings. The third kappa shape index (κ3) is 3.15. The zero-order valence-corrected chi connectivity index (χ0v) is 11.1. The van der Waals surface area contributed by atoms with E-state index in [4.69, 9.17) is 4.74 Å². The zero-order valence-electron chi connectivity index (χ0n) is 11.1. The molecule has 1 heterocycles. The van der Waals surface area contributed by atoms with Crippen molar-refractivity contribution in [2.45, 2.75) is 13.0 Å². The monoisotopic (exact) mass is 250 g/mol. The van der Waals surface area contributed by atoms with Gasteiger partial charge < -0.3 is 15.2 Å². The van der Waals surface area contributed by atoms with Crippen molar-refractivity contribution in [3.63, 3.8) is 0 Å². The molecule has 2 rings (SSSR count). The maximum absolute atomic E-state index is 9.93. The Morgan fingerprint density at radius 1 is 1.50 bits per heavy atom. The van der Waals surface area contributed by atoms with E-state index in [1.165, 1.54) is 6.42 Å². The smallest absolute Gasteiger partial charge is 0.123 e. The highest BCUT2D eigenvalue weighted by Crippen LogP contribution is 2.26. The van der Waals surface area contributed by atoms with Crippen molar-refractivity contribution >= 4 is 0 Å². The lowest BCUT2D eigenvalue weighted by molar-refractivity contribution is 0.309. The summed E-state index contributed by atoms with van der Waals surface area (Å²) in [5.41, 5.74) is 0.973. The van der Waals surface area contributed by atoms with Gasteiger partial charge in [-0.25, -0.2) is 0 Å². The molecule has 1 unspecified atom stereocenters. The summed E-state index contributed by atoms with van der Waals surface area (Å²) in [5, 5.41) is 13.2. The van der Waals surface area contributed by atoms with Crippen molar-refractivity contribution in [3.8, 4) is 11.5 Å². The fourth-order valence-corrected chi connectivity index (χ4v) is 2.56. The van der Waals surface area contributed by atoms with Crippen LogP contribution in [0.1, 0.15) is 12.0 Å². The molecule has 18 heavy (non-hydrogen) atoms. The Balaban J connectivity index is 1.94. The van der Waals surface area contributed by atoms with Gasteiger partial charge in [-0.1, -0.05) is 6.07 Å². The van der Waals surface area contributed by atoms with E-state index < -0.39 is 0 Å². The number of aromatic hydroxyl groups is 1. The Labute approximate surface area is 109 Å². The van der Waals surface area contributed by atoms with Crippen LogP contribution in [0, 0.1) is 5.92 Å². The number of hydrogen-bond acceptors (Lipinski definition) is 4. The van der Waals surface area contributed by atoms with E-state index >= 15 is 0 Å². The number of methoxy groups -OCH3 is 1. The number of benzene rings is 1. The zero-order chi connectivity index (χ0) is 13.0. The van der Waals surface area contributed by atoms with E-state index in [0.717, 1.165) is 37.7 Å². The third-order valence-corrected chi connectivity index (χ3v) is 3.55. The highest BCUT2D eigenvalue weighted by atomic mass is 16.5. The van der Waals surface area contributed by atoms with Crippen molar-refractivity contribution in [2.24, 2.45) is 5.92 Å². The van der Waals surface area contributed by atoms with Gasteiger partial charge in [0.25, 0.3) is 0 Å². The number of phenolic OH excluding ortho intramolecular Hbond substituents is 1. The van der Waals surface area contributed by atoms with Crippen molar-refractivity contribution < 1.29 is 9.84 Å². The van der Waals surface area contributed by atoms with Gasteiger partial charge in [0, 0.05) is 24.7 Å². The van der Waals surface area contributed by atoms with Crippen molar-refractivity contribution in [2.75, 3.05) is 33.8 Å². The maximum Gasteiger partial charge on any atom is 0.123 e. The van der Waals surface area contributed by atoms with Crippen LogP contribution in [0.5, 0.6) is 11.5 Å². The minimum atomic E-state index is 0.325. The van der Waals surface area contributed by atoms with Gasteiger partial charge >= 0.3 is 0 Å². The molecule has 1 aliphatic heterocycles. The first-order valence-corrected chi connectivity index (χ1v) is 6.45. The predicted molar refractivity (Wildman–Crippen MR) is 72.0 cm³/mol. The second-order valence-electron chi connectivity index (χ2n) is 4.94. The van der Waals surface area contributed by atoms with E-state index in [1.54, 1.807) is 13.2 Å². The van der Waals surface area contributed by atoms with Gasteiger partial charge in [0.05, 0.1) is 7.11 Å². The molecule has 0 amide bonds. The van der Waals surface area contributed by atoms with Crippen molar-refractivity contribution in [3.05, 3.63) is 23.8 Å². The highest BCUT2D eigenvalue weighted by Gasteiger charge is 2.22. The molecule has 1 fully saturated rings. The summed E-state index contributed by atoms with van der Waals surface area (Å²) < 4.78 is 5.09. The molecular formula is C14H22N2O2. The molecular weight excluding hydrogens is 228 g/mol. The second kappa shape index (κ2) is 6.07. The molecule has 0 spiro atoms. The lowest BCUT2D eigenvalue weighted by Crippen LogP contribution is -2.24. The molecule has 1 aliphatic rings. The first-order chi connectivity index (χ1) is 8.72. The number of phenols is 1. The summed E-state index contributed by atoms with van der Waals surface area (Å²) in [6, 6.07) is 5.52. The van der Waals surface area contributed by atoms with Gasteiger partial charge in [0.2, 0.25) is 0 Å². The molecule has 0 radical (unpaired) electrons. The average molecular weight is 250 g/mol. The average Bonchev–Trinajstić information content (AvgIpc) is 2.80. The van der Waals surface area contributed by atoms with Crippen LogP contribution in [-0.2, 0) is 6.54 Å². The largest absolute Gasteiger partial charge is 0.507 e. The summed E-state index contributed by atoms with van der Waals surface area (Å²) in [6.07, 6.45) is 1.23. The van der Waals surface area contributed by atoms with Gasteiger partial charge in [-0.15, -0.1) is 0 Å². The minimum Gasteiger partial charge on any atom is -0.507 e. The van der Waals surface area contributed by atoms with Crippen LogP contribution in [0.4, 0.5) is 0 Å². The molecule has 1 atom stereocenters. The summed E-state index contributed by atoms with van der Waals surface area (Å²) in [7, 11) is 3.61. The van der Waals surface area contributed by atoms with Crippen LogP contribution in [0.15, 0.2) is 18.2 Å². The van der Waals surface area contributed by atoms with E-state index in [9.17, 15) is 5.11 Å². The molecule has 1 aromatic carbocycles. The van der Waals surface area contributed by atoms with Crippen LogP contribution in [-0.4, -0.2) is 43.8 Å². The number of nitrogens with zero attached hydrogens (tertiary/aromatic N) is 1. The van der Waals surface area contributed by atoms with Crippen LogP contribution in [0.2, 0.25) is 0 Å². The van der Waals surface area contributed by atoms with Crippen LogP contribution in [0.3, 0.4) is 0 Å². The molecule has 100 valence electrons. The number of hydrogen-bond donors (Lipinski definition) is 2. The Bertz CT molecular complexity index is 395. The maximum atomic E-state index is 9.93. The molecule has 0 aliphatic carbocycles. The van der Waals surface area contributed by atoms with Gasteiger partial charge in [-0.05, 0) is 38.5 Å². The number of ether oxygens (including phenoxy) is 1. The van der Waals surface area contributed by atoms with E-state index in [0.29, 0.717) is 11.5 Å². The van der Waals surface area contributed by atoms with Gasteiger partial charge in [-0.3, -0.25) is 4.90 Å². The number of rotatable bonds is 5. The van der Waals surface area contributed by atoms with Gasteiger partial charge in [-0.2, -0.15) is 0 Å². The summed E-state index contributed by atoms with van der Waals surface area (Å²) >= 11 is 0. The highest BCUT2D eigenvalue weighted by molar-refractivity contribution is 5.39. The molecule has 4 heteroatoms. The molecule has 2 N–H and O–H groups in total. The van der Waals surface area contributed by atoms with Crippen LogP contribution >= 0.6 is 0 Å². The van der Waals surface area contributed by atoms with Crippen LogP contribution in [0.25, 0.3) is 0 Å². The summed E-state index contributed by atoms with van der Waals surface area (Å²) in [6.45, 7) is 4.10. The topological polar surface area (TPSA) is 44.7 Å². The Morgan fingerprint density at radius 2 is 2.33 bits per heavy atom. The molecule has 4 nitrogen and oxygen atoms in total. The first kappa shape index (κ1) is 13.2. The molecule has 0 bridgehead atoms. The van der Waals surface area contributed by atoms with E-state index in [-0.39, 0.29) is 0 Å². The van der Waals surface area contributed by atoms with E-state index in [2.05, 4.69) is 10.2 Å². The lowest BCUT2D eigenvalue weighted by atomic mass is 10.1. The lowest BCUT2D eigenvalue weighted by Gasteiger charge is -2.17. The minimum absolute atomic E-state index is 0.325. The van der Waals surface area contributed by atoms with Crippen molar-refractivity contribution in [1.82, 2.24) is 10.2 Å². The summed E-state index contributed by atoms with van der Waals surface area (Å²) in [4.78, 5) is 2.39. The van der Waals surface area contributed by atoms with E-state index in [1.807, 2.05) is 19.2 Å². The first-order valence-electron chi connectivity index (χ1n) is 6.45. The fraction of sp³-hybridized carbons (Fsp3) is 0.571. The fourth-order valence-electron chi connectivity index (χ4n) is 2.56. The van der Waals surface area contributed by atoms with Gasteiger partial charge in [0.15, 0.2) is 0 Å². The Hall–Kier alpha value is -1.26. The number of likely N-dealkylation sites (tertiary alicyclic amines) is 1. The van der Waals surface area contributed by atoms with Gasteiger partial charge in [0.1, 0.15) is 11.5 Å². The molecule has 0 saturated carbocycles. The third-order valence-electron chi connectivity index (χ3n) is 3.55. The Kier molecular flexibility index (Phi) is 4.44. The predicted octanol–water partition coefficient (Wildman–Crippen LogP) is 1.44. The normalized spacial score (nSPS) is 20.2. The Morgan fingerprint density at radius 3 is 3.00 bits per heavy atom. The standard InChI is InChI=1S/C14H22N2O2/c1-15-8-11-5-6-16(9-11)10-12-3-4-13(18-2)7-14(12)17/h3-4,7,11,15,17H,5-6,8-10H2,1-2H3. The SMILES string of the molecule is CNCC1CCN(Cc2ccc(OC)cc2O)C1. The van der Waals surface area contributed by atoms with Crippen LogP contribution < -0.4 is 10.1 Å². The quantitative estimate of drug-likeness (QED) is 0.830. The molecule has 1 saturated heterocycles. The summed E-state index contributed by atoms with van der Waals surface area (Å²) in [5.74, 6) is 1.76. The molecule has 0 aromatic heterocycles. The van der Waals surface area contributed by atoms with Crippen molar-refractivity contribution in [1.29, 1.82) is 0 Å². The second-order valence-corrected chi connectivity index (χ2v) is 4.94.